The van der Waals surface area contributed by atoms with Crippen LogP contribution in [0.3, 0.4) is 0 Å². The van der Waals surface area contributed by atoms with Crippen molar-refractivity contribution in [1.29, 1.82) is 5.26 Å². The molecule has 2 heterocycles. The number of likely N-dealkylation sites (tertiary alicyclic amines) is 1. The molecule has 23 heavy (non-hydrogen) atoms. The first-order valence-electron chi connectivity index (χ1n) is 7.93. The molecule has 6 nitrogen and oxygen atoms in total. The number of amides is 3. The summed E-state index contributed by atoms with van der Waals surface area (Å²) in [5.74, 6) is -0.123. The van der Waals surface area contributed by atoms with Gasteiger partial charge in [-0.05, 0) is 37.1 Å². The van der Waals surface area contributed by atoms with Gasteiger partial charge in [-0.15, -0.1) is 0 Å². The van der Waals surface area contributed by atoms with E-state index in [1.807, 2.05) is 0 Å². The molecule has 120 valence electrons. The van der Waals surface area contributed by atoms with E-state index < -0.39 is 5.54 Å². The molecule has 1 spiro atoms. The summed E-state index contributed by atoms with van der Waals surface area (Å²) in [6, 6.07) is 8.70. The Bertz CT molecular complexity index is 654. The minimum Gasteiger partial charge on any atom is -0.323 e. The number of piperidine rings is 1. The Hall–Kier alpha value is -2.39. The molecule has 0 radical (unpaired) electrons. The number of benzene rings is 1. The molecule has 0 aliphatic carbocycles. The Morgan fingerprint density at radius 3 is 2.43 bits per heavy atom. The zero-order chi connectivity index (χ0) is 16.4. The van der Waals surface area contributed by atoms with Crippen LogP contribution < -0.4 is 5.32 Å². The fraction of sp³-hybridized carbons (Fsp3) is 0.471. The fourth-order valence-electron chi connectivity index (χ4n) is 3.28. The summed E-state index contributed by atoms with van der Waals surface area (Å²) in [5, 5.41) is 11.7. The number of hydrogen-bond donors (Lipinski definition) is 1. The Morgan fingerprint density at radius 1 is 1.22 bits per heavy atom. The Morgan fingerprint density at radius 2 is 1.87 bits per heavy atom. The lowest BCUT2D eigenvalue weighted by Gasteiger charge is -2.36. The summed E-state index contributed by atoms with van der Waals surface area (Å²) >= 11 is 0. The zero-order valence-electron chi connectivity index (χ0n) is 13.2. The predicted molar refractivity (Wildman–Crippen MR) is 84.3 cm³/mol. The van der Waals surface area contributed by atoms with Crippen molar-refractivity contribution in [2.24, 2.45) is 0 Å². The number of rotatable bonds is 3. The van der Waals surface area contributed by atoms with E-state index in [0.717, 1.165) is 25.2 Å². The molecule has 1 aromatic rings. The lowest BCUT2D eigenvalue weighted by atomic mass is 9.87. The molecule has 3 amide bonds. The average molecular weight is 312 g/mol. The van der Waals surface area contributed by atoms with Gasteiger partial charge in [-0.1, -0.05) is 19.1 Å². The van der Waals surface area contributed by atoms with Crippen LogP contribution in [-0.4, -0.2) is 46.9 Å². The normalized spacial score (nSPS) is 20.6. The van der Waals surface area contributed by atoms with Crippen molar-refractivity contribution in [1.82, 2.24) is 15.1 Å². The van der Waals surface area contributed by atoms with Gasteiger partial charge >= 0.3 is 6.03 Å². The zero-order valence-corrected chi connectivity index (χ0v) is 13.2. The van der Waals surface area contributed by atoms with Crippen LogP contribution in [-0.2, 0) is 11.3 Å². The molecule has 0 saturated carbocycles. The van der Waals surface area contributed by atoms with Gasteiger partial charge in [-0.25, -0.2) is 4.79 Å². The molecule has 1 N–H and O–H groups in total. The fourth-order valence-corrected chi connectivity index (χ4v) is 3.28. The van der Waals surface area contributed by atoms with Gasteiger partial charge in [0, 0.05) is 13.1 Å². The quantitative estimate of drug-likeness (QED) is 0.857. The lowest BCUT2D eigenvalue weighted by Crippen LogP contribution is -2.54. The second-order valence-corrected chi connectivity index (χ2v) is 6.15. The molecule has 1 aromatic carbocycles. The summed E-state index contributed by atoms with van der Waals surface area (Å²) in [6.45, 7) is 4.97. The second kappa shape index (κ2) is 6.01. The number of urea groups is 1. The van der Waals surface area contributed by atoms with Crippen LogP contribution in [0.1, 0.15) is 30.9 Å². The average Bonchev–Trinajstić information content (AvgIpc) is 2.81. The molecule has 2 aliphatic heterocycles. The van der Waals surface area contributed by atoms with Crippen molar-refractivity contribution >= 4 is 11.9 Å². The minimum absolute atomic E-state index is 0.123. The molecular formula is C17H20N4O2. The molecule has 0 unspecified atom stereocenters. The summed E-state index contributed by atoms with van der Waals surface area (Å²) in [4.78, 5) is 28.6. The highest BCUT2D eigenvalue weighted by Crippen LogP contribution is 2.30. The maximum absolute atomic E-state index is 12.8. The summed E-state index contributed by atoms with van der Waals surface area (Å²) < 4.78 is 0. The van der Waals surface area contributed by atoms with Crippen LogP contribution in [0, 0.1) is 11.3 Å². The van der Waals surface area contributed by atoms with Gasteiger partial charge in [-0.3, -0.25) is 9.69 Å². The number of carbonyl (C=O) groups excluding carboxylic acids is 2. The van der Waals surface area contributed by atoms with Crippen LogP contribution in [0.15, 0.2) is 24.3 Å². The molecule has 3 rings (SSSR count). The van der Waals surface area contributed by atoms with E-state index in [1.54, 1.807) is 24.3 Å². The third-order valence-corrected chi connectivity index (χ3v) is 4.83. The van der Waals surface area contributed by atoms with E-state index in [0.29, 0.717) is 18.4 Å². The maximum Gasteiger partial charge on any atom is 0.325 e. The van der Waals surface area contributed by atoms with E-state index in [9.17, 15) is 9.59 Å². The highest BCUT2D eigenvalue weighted by atomic mass is 16.2. The first kappa shape index (κ1) is 15.5. The Labute approximate surface area is 135 Å². The third-order valence-electron chi connectivity index (χ3n) is 4.83. The van der Waals surface area contributed by atoms with Crippen LogP contribution in [0.2, 0.25) is 0 Å². The largest absolute Gasteiger partial charge is 0.325 e. The van der Waals surface area contributed by atoms with Crippen molar-refractivity contribution in [3.8, 4) is 6.07 Å². The third kappa shape index (κ3) is 2.80. The Kier molecular flexibility index (Phi) is 4.05. The summed E-state index contributed by atoms with van der Waals surface area (Å²) in [5.41, 5.74) is 0.680. The molecule has 0 aromatic heterocycles. The van der Waals surface area contributed by atoms with Crippen LogP contribution >= 0.6 is 0 Å². The van der Waals surface area contributed by atoms with Crippen molar-refractivity contribution in [3.63, 3.8) is 0 Å². The van der Waals surface area contributed by atoms with E-state index in [1.165, 1.54) is 4.90 Å². The highest BCUT2D eigenvalue weighted by molar-refractivity contribution is 6.07. The van der Waals surface area contributed by atoms with Crippen molar-refractivity contribution in [2.45, 2.75) is 31.8 Å². The first-order chi connectivity index (χ1) is 11.1. The topological polar surface area (TPSA) is 76.4 Å². The number of nitrogens with one attached hydrogen (secondary N) is 1. The minimum atomic E-state index is -0.727. The van der Waals surface area contributed by atoms with Crippen LogP contribution in [0.5, 0.6) is 0 Å². The van der Waals surface area contributed by atoms with Gasteiger partial charge in [0.25, 0.3) is 5.91 Å². The molecule has 0 atom stereocenters. The SMILES string of the molecule is CCN1CCC2(CC1)NC(=O)N(Cc1ccc(C#N)cc1)C2=O. The molecule has 0 bridgehead atoms. The summed E-state index contributed by atoms with van der Waals surface area (Å²) in [7, 11) is 0. The smallest absolute Gasteiger partial charge is 0.323 e. The van der Waals surface area contributed by atoms with Gasteiger partial charge in [0.15, 0.2) is 0 Å². The predicted octanol–water partition coefficient (Wildman–Crippen LogP) is 1.46. The van der Waals surface area contributed by atoms with E-state index in [2.05, 4.69) is 23.2 Å². The second-order valence-electron chi connectivity index (χ2n) is 6.15. The van der Waals surface area contributed by atoms with Gasteiger partial charge < -0.3 is 10.2 Å². The Balaban J connectivity index is 1.73. The standard InChI is InChI=1S/C17H20N4O2/c1-2-20-9-7-17(8-10-20)15(22)21(16(23)19-17)12-14-5-3-13(11-18)4-6-14/h3-6H,2,7-10,12H2,1H3,(H,19,23). The maximum atomic E-state index is 12.8. The molecule has 2 fully saturated rings. The molecule has 6 heteroatoms. The van der Waals surface area contributed by atoms with E-state index >= 15 is 0 Å². The van der Waals surface area contributed by atoms with Gasteiger partial charge in [0.2, 0.25) is 0 Å². The molecular weight excluding hydrogens is 292 g/mol. The van der Waals surface area contributed by atoms with E-state index in [4.69, 9.17) is 5.26 Å². The monoisotopic (exact) mass is 312 g/mol. The van der Waals surface area contributed by atoms with E-state index in [-0.39, 0.29) is 18.5 Å². The number of imide groups is 1. The highest BCUT2D eigenvalue weighted by Gasteiger charge is 2.51. The number of nitrogens with zero attached hydrogens (tertiary/aromatic N) is 3. The summed E-state index contributed by atoms with van der Waals surface area (Å²) in [6.07, 6.45) is 1.32. The number of hydrogen-bond acceptors (Lipinski definition) is 4. The van der Waals surface area contributed by atoms with Crippen molar-refractivity contribution < 1.29 is 9.59 Å². The van der Waals surface area contributed by atoms with Crippen molar-refractivity contribution in [3.05, 3.63) is 35.4 Å². The number of carbonyl (C=O) groups is 2. The van der Waals surface area contributed by atoms with Crippen LogP contribution in [0.25, 0.3) is 0 Å². The van der Waals surface area contributed by atoms with Gasteiger partial charge in [-0.2, -0.15) is 5.26 Å². The van der Waals surface area contributed by atoms with Crippen LogP contribution in [0.4, 0.5) is 4.79 Å². The molecule has 2 saturated heterocycles. The first-order valence-corrected chi connectivity index (χ1v) is 7.93. The lowest BCUT2D eigenvalue weighted by molar-refractivity contribution is -0.133. The van der Waals surface area contributed by atoms with Gasteiger partial charge in [0.05, 0.1) is 18.2 Å². The van der Waals surface area contributed by atoms with Gasteiger partial charge in [0.1, 0.15) is 5.54 Å². The number of nitriles is 1. The van der Waals surface area contributed by atoms with Crippen molar-refractivity contribution in [2.75, 3.05) is 19.6 Å². The molecule has 2 aliphatic rings.